The second-order valence-corrected chi connectivity index (χ2v) is 6.11. The van der Waals surface area contributed by atoms with E-state index in [0.717, 1.165) is 19.4 Å². The standard InChI is InChI=1S/C17H21NO6/c19-15(18-17(16(20)21)7-9-22-11-17)12-3-5-13(6-4-12)24-10-14-2-1-8-23-14/h3-6,14H,1-2,7-11H2,(H,18,19)(H,20,21). The summed E-state index contributed by atoms with van der Waals surface area (Å²) in [5, 5.41) is 11.9. The van der Waals surface area contributed by atoms with Crippen molar-refractivity contribution in [3.8, 4) is 5.75 Å². The normalized spacial score (nSPS) is 26.2. The number of benzene rings is 1. The Kier molecular flexibility index (Phi) is 5.01. The van der Waals surface area contributed by atoms with Crippen molar-refractivity contribution in [3.05, 3.63) is 29.8 Å². The molecule has 1 aromatic rings. The molecule has 2 fully saturated rings. The Morgan fingerprint density at radius 1 is 1.29 bits per heavy atom. The van der Waals surface area contributed by atoms with Crippen LogP contribution in [0.25, 0.3) is 0 Å². The smallest absolute Gasteiger partial charge is 0.331 e. The molecule has 0 aromatic heterocycles. The van der Waals surface area contributed by atoms with Crippen molar-refractivity contribution in [3.63, 3.8) is 0 Å². The number of carboxylic acids is 1. The topological polar surface area (TPSA) is 94.1 Å². The summed E-state index contributed by atoms with van der Waals surface area (Å²) in [7, 11) is 0. The van der Waals surface area contributed by atoms with E-state index in [2.05, 4.69) is 5.32 Å². The minimum atomic E-state index is -1.34. The molecular formula is C17H21NO6. The molecule has 2 aliphatic heterocycles. The van der Waals surface area contributed by atoms with Gasteiger partial charge in [0.15, 0.2) is 5.54 Å². The van der Waals surface area contributed by atoms with Crippen LogP contribution in [0.1, 0.15) is 29.6 Å². The zero-order chi connectivity index (χ0) is 17.0. The number of carboxylic acid groups (broad SMARTS) is 1. The maximum atomic E-state index is 12.3. The van der Waals surface area contributed by atoms with Crippen LogP contribution < -0.4 is 10.1 Å². The first-order valence-corrected chi connectivity index (χ1v) is 8.07. The first kappa shape index (κ1) is 16.7. The van der Waals surface area contributed by atoms with E-state index in [1.807, 2.05) is 0 Å². The highest BCUT2D eigenvalue weighted by molar-refractivity contribution is 5.98. The first-order chi connectivity index (χ1) is 11.6. The summed E-state index contributed by atoms with van der Waals surface area (Å²) in [6, 6.07) is 6.63. The van der Waals surface area contributed by atoms with Gasteiger partial charge in [-0.3, -0.25) is 4.79 Å². The highest BCUT2D eigenvalue weighted by Crippen LogP contribution is 2.21. The van der Waals surface area contributed by atoms with Gasteiger partial charge in [0.1, 0.15) is 12.4 Å². The van der Waals surface area contributed by atoms with Crippen LogP contribution in [0.15, 0.2) is 24.3 Å². The fourth-order valence-corrected chi connectivity index (χ4v) is 2.84. The lowest BCUT2D eigenvalue weighted by Crippen LogP contribution is -2.55. The fraction of sp³-hybridized carbons (Fsp3) is 0.529. The van der Waals surface area contributed by atoms with E-state index in [1.165, 1.54) is 0 Å². The van der Waals surface area contributed by atoms with E-state index in [4.69, 9.17) is 14.2 Å². The number of carbonyl (C=O) groups excluding carboxylic acids is 1. The van der Waals surface area contributed by atoms with Gasteiger partial charge in [-0.1, -0.05) is 0 Å². The molecule has 2 N–H and O–H groups in total. The summed E-state index contributed by atoms with van der Waals surface area (Å²) in [6.07, 6.45) is 2.45. The third-order valence-electron chi connectivity index (χ3n) is 4.36. The zero-order valence-electron chi connectivity index (χ0n) is 13.3. The number of hydrogen-bond donors (Lipinski definition) is 2. The van der Waals surface area contributed by atoms with Crippen LogP contribution in [0.4, 0.5) is 0 Å². The molecule has 0 radical (unpaired) electrons. The van der Waals surface area contributed by atoms with Gasteiger partial charge in [-0.25, -0.2) is 4.79 Å². The molecule has 1 amide bonds. The molecule has 0 spiro atoms. The zero-order valence-corrected chi connectivity index (χ0v) is 13.3. The molecule has 3 rings (SSSR count). The molecule has 2 atom stereocenters. The third-order valence-corrected chi connectivity index (χ3v) is 4.36. The highest BCUT2D eigenvalue weighted by Gasteiger charge is 2.44. The summed E-state index contributed by atoms with van der Waals surface area (Å²) in [5.41, 5.74) is -0.960. The average Bonchev–Trinajstić information content (AvgIpc) is 3.25. The van der Waals surface area contributed by atoms with Crippen LogP contribution in [-0.4, -0.2) is 55.1 Å². The van der Waals surface area contributed by atoms with Crippen LogP contribution in [0.3, 0.4) is 0 Å². The van der Waals surface area contributed by atoms with Crippen molar-refractivity contribution < 1.29 is 28.9 Å². The number of hydrogen-bond acceptors (Lipinski definition) is 5. The number of aliphatic carboxylic acids is 1. The first-order valence-electron chi connectivity index (χ1n) is 8.07. The van der Waals surface area contributed by atoms with Crippen molar-refractivity contribution in [2.75, 3.05) is 26.4 Å². The summed E-state index contributed by atoms with van der Waals surface area (Å²) in [6.45, 7) is 1.58. The van der Waals surface area contributed by atoms with Crippen LogP contribution >= 0.6 is 0 Å². The van der Waals surface area contributed by atoms with Crippen molar-refractivity contribution in [2.45, 2.75) is 30.9 Å². The highest BCUT2D eigenvalue weighted by atomic mass is 16.5. The van der Waals surface area contributed by atoms with Gasteiger partial charge in [0.25, 0.3) is 5.91 Å². The second kappa shape index (κ2) is 7.19. The Hall–Kier alpha value is -2.12. The Bertz CT molecular complexity index is 588. The van der Waals surface area contributed by atoms with Gasteiger partial charge in [-0.2, -0.15) is 0 Å². The molecule has 2 unspecified atom stereocenters. The van der Waals surface area contributed by atoms with E-state index >= 15 is 0 Å². The van der Waals surface area contributed by atoms with Crippen molar-refractivity contribution in [1.82, 2.24) is 5.32 Å². The number of rotatable bonds is 6. The molecule has 0 aliphatic carbocycles. The third kappa shape index (κ3) is 3.68. The monoisotopic (exact) mass is 335 g/mol. The molecule has 2 heterocycles. The van der Waals surface area contributed by atoms with Gasteiger partial charge >= 0.3 is 5.97 Å². The van der Waals surface area contributed by atoms with Crippen LogP contribution in [0.2, 0.25) is 0 Å². The second-order valence-electron chi connectivity index (χ2n) is 6.11. The molecule has 2 aliphatic rings. The molecule has 7 heteroatoms. The number of nitrogens with one attached hydrogen (secondary N) is 1. The minimum Gasteiger partial charge on any atom is -0.491 e. The molecule has 130 valence electrons. The lowest BCUT2D eigenvalue weighted by atomic mass is 9.98. The minimum absolute atomic E-state index is 0.0172. The lowest BCUT2D eigenvalue weighted by molar-refractivity contribution is -0.144. The van der Waals surface area contributed by atoms with E-state index in [0.29, 0.717) is 24.5 Å². The Morgan fingerprint density at radius 2 is 2.08 bits per heavy atom. The van der Waals surface area contributed by atoms with Crippen molar-refractivity contribution >= 4 is 11.9 Å². The summed E-state index contributed by atoms with van der Waals surface area (Å²) in [5.74, 6) is -0.863. The lowest BCUT2D eigenvalue weighted by Gasteiger charge is -2.23. The van der Waals surface area contributed by atoms with Crippen molar-refractivity contribution in [2.24, 2.45) is 0 Å². The molecule has 0 saturated carbocycles. The van der Waals surface area contributed by atoms with Crippen molar-refractivity contribution in [1.29, 1.82) is 0 Å². The Labute approximate surface area is 139 Å². The summed E-state index contributed by atoms with van der Waals surface area (Å²) in [4.78, 5) is 23.7. The van der Waals surface area contributed by atoms with E-state index in [9.17, 15) is 14.7 Å². The maximum absolute atomic E-state index is 12.3. The molecule has 0 bridgehead atoms. The molecule has 1 aromatic carbocycles. The molecule has 24 heavy (non-hydrogen) atoms. The molecular weight excluding hydrogens is 314 g/mol. The van der Waals surface area contributed by atoms with Gasteiger partial charge in [-0.15, -0.1) is 0 Å². The van der Waals surface area contributed by atoms with Gasteiger partial charge in [-0.05, 0) is 37.1 Å². The summed E-state index contributed by atoms with van der Waals surface area (Å²) < 4.78 is 16.3. The molecule has 2 saturated heterocycles. The number of carbonyl (C=O) groups is 2. The predicted octanol–water partition coefficient (Wildman–Crippen LogP) is 1.22. The van der Waals surface area contributed by atoms with Crippen LogP contribution in [-0.2, 0) is 14.3 Å². The fourth-order valence-electron chi connectivity index (χ4n) is 2.84. The Balaban J connectivity index is 1.58. The van der Waals surface area contributed by atoms with Crippen LogP contribution in [0, 0.1) is 0 Å². The van der Waals surface area contributed by atoms with E-state index in [1.54, 1.807) is 24.3 Å². The SMILES string of the molecule is O=C(NC1(C(=O)O)CCOC1)c1ccc(OCC2CCCO2)cc1. The Morgan fingerprint density at radius 3 is 2.67 bits per heavy atom. The van der Waals surface area contributed by atoms with Gasteiger partial charge < -0.3 is 24.6 Å². The van der Waals surface area contributed by atoms with Gasteiger partial charge in [0.2, 0.25) is 0 Å². The van der Waals surface area contributed by atoms with E-state index in [-0.39, 0.29) is 19.1 Å². The maximum Gasteiger partial charge on any atom is 0.331 e. The largest absolute Gasteiger partial charge is 0.491 e. The number of ether oxygens (including phenoxy) is 3. The molecule has 7 nitrogen and oxygen atoms in total. The average molecular weight is 335 g/mol. The predicted molar refractivity (Wildman–Crippen MR) is 84.2 cm³/mol. The summed E-state index contributed by atoms with van der Waals surface area (Å²) >= 11 is 0. The van der Waals surface area contributed by atoms with E-state index < -0.39 is 17.4 Å². The quantitative estimate of drug-likeness (QED) is 0.812. The van der Waals surface area contributed by atoms with Crippen LogP contribution in [0.5, 0.6) is 5.75 Å². The van der Waals surface area contributed by atoms with Gasteiger partial charge in [0, 0.05) is 25.2 Å². The van der Waals surface area contributed by atoms with Gasteiger partial charge in [0.05, 0.1) is 12.7 Å². The number of amides is 1.